The summed E-state index contributed by atoms with van der Waals surface area (Å²) in [5.41, 5.74) is 0.737. The molecule has 32 heavy (non-hydrogen) atoms. The predicted octanol–water partition coefficient (Wildman–Crippen LogP) is 5.42. The Kier molecular flexibility index (Phi) is 9.79. The quantitative estimate of drug-likeness (QED) is 0.276. The molecule has 0 saturated heterocycles. The smallest absolute Gasteiger partial charge is 0.343 e. The fourth-order valence-corrected chi connectivity index (χ4v) is 2.35. The molecule has 0 atom stereocenters. The molecule has 0 radical (unpaired) electrons. The number of carbonyl (C=O) groups is 2. The van der Waals surface area contributed by atoms with Gasteiger partial charge in [-0.3, -0.25) is 0 Å². The minimum absolute atomic E-state index is 0.256. The van der Waals surface area contributed by atoms with Gasteiger partial charge in [-0.1, -0.05) is 43.5 Å². The lowest BCUT2D eigenvalue weighted by Gasteiger charge is -2.06. The summed E-state index contributed by atoms with van der Waals surface area (Å²) < 4.78 is 15.7. The van der Waals surface area contributed by atoms with Crippen molar-refractivity contribution in [2.75, 3.05) is 13.2 Å². The van der Waals surface area contributed by atoms with Crippen LogP contribution in [0.3, 0.4) is 0 Å². The van der Waals surface area contributed by atoms with Gasteiger partial charge in [0, 0.05) is 0 Å². The van der Waals surface area contributed by atoms with Crippen LogP contribution in [0.15, 0.2) is 104 Å². The Morgan fingerprint density at radius 1 is 0.688 bits per heavy atom. The average molecular weight is 432 g/mol. The van der Waals surface area contributed by atoms with Gasteiger partial charge in [0.15, 0.2) is 0 Å². The molecule has 3 aromatic rings. The zero-order chi connectivity index (χ0) is 23.2. The van der Waals surface area contributed by atoms with E-state index in [9.17, 15) is 9.59 Å². The van der Waals surface area contributed by atoms with Crippen LogP contribution in [0, 0.1) is 0 Å². The molecule has 0 aliphatic carbocycles. The van der Waals surface area contributed by atoms with Crippen LogP contribution >= 0.6 is 0 Å². The maximum Gasteiger partial charge on any atom is 0.343 e. The molecule has 3 aromatic carbocycles. The molecule has 0 heterocycles. The molecule has 0 aliphatic rings. The van der Waals surface area contributed by atoms with Gasteiger partial charge in [-0.15, -0.1) is 0 Å². The fourth-order valence-electron chi connectivity index (χ4n) is 2.35. The molecular formula is C26H24O6. The first-order chi connectivity index (χ1) is 15.5. The second-order valence-electron chi connectivity index (χ2n) is 6.26. The van der Waals surface area contributed by atoms with Crippen molar-refractivity contribution in [2.24, 2.45) is 0 Å². The number of hydrogen-bond acceptors (Lipinski definition) is 5. The van der Waals surface area contributed by atoms with E-state index in [0.717, 1.165) is 0 Å². The van der Waals surface area contributed by atoms with Gasteiger partial charge in [0.05, 0.1) is 11.1 Å². The molecule has 0 spiro atoms. The number of para-hydroxylation sites is 1. The molecule has 0 bridgehead atoms. The summed E-state index contributed by atoms with van der Waals surface area (Å²) in [7, 11) is 0. The first-order valence-corrected chi connectivity index (χ1v) is 9.71. The van der Waals surface area contributed by atoms with Crippen molar-refractivity contribution >= 4 is 11.9 Å². The van der Waals surface area contributed by atoms with Gasteiger partial charge in [0.2, 0.25) is 0 Å². The minimum atomic E-state index is -0.935. The van der Waals surface area contributed by atoms with Crippen LogP contribution in [0.1, 0.15) is 20.7 Å². The van der Waals surface area contributed by atoms with E-state index in [-0.39, 0.29) is 11.5 Å². The van der Waals surface area contributed by atoms with E-state index in [1.165, 1.54) is 12.1 Å². The highest BCUT2D eigenvalue weighted by atomic mass is 16.5. The SMILES string of the molecule is C=CCOc1ccc(C(=O)O)cc1.C=CCOc1ccc(C(=O)Oc2ccccc2)cc1. The largest absolute Gasteiger partial charge is 0.490 e. The van der Waals surface area contributed by atoms with Crippen LogP contribution < -0.4 is 14.2 Å². The summed E-state index contributed by atoms with van der Waals surface area (Å²) in [6.07, 6.45) is 3.29. The third-order valence-corrected chi connectivity index (χ3v) is 3.88. The third-order valence-electron chi connectivity index (χ3n) is 3.88. The van der Waals surface area contributed by atoms with Gasteiger partial charge in [0.1, 0.15) is 30.5 Å². The molecule has 0 aromatic heterocycles. The van der Waals surface area contributed by atoms with Crippen molar-refractivity contribution < 1.29 is 28.9 Å². The third kappa shape index (κ3) is 8.20. The van der Waals surface area contributed by atoms with Gasteiger partial charge in [0.25, 0.3) is 0 Å². The van der Waals surface area contributed by atoms with E-state index in [4.69, 9.17) is 19.3 Å². The first-order valence-electron chi connectivity index (χ1n) is 9.71. The molecule has 0 aliphatic heterocycles. The summed E-state index contributed by atoms with van der Waals surface area (Å²) in [4.78, 5) is 22.3. The highest BCUT2D eigenvalue weighted by Crippen LogP contribution is 2.15. The first kappa shape index (κ1) is 24.0. The number of carbonyl (C=O) groups excluding carboxylic acids is 1. The number of esters is 1. The van der Waals surface area contributed by atoms with E-state index in [1.807, 2.05) is 18.2 Å². The second kappa shape index (κ2) is 13.1. The number of carboxylic acids is 1. The average Bonchev–Trinajstić information content (AvgIpc) is 2.83. The van der Waals surface area contributed by atoms with Crippen LogP contribution in [-0.4, -0.2) is 30.3 Å². The highest BCUT2D eigenvalue weighted by Gasteiger charge is 2.08. The number of benzene rings is 3. The van der Waals surface area contributed by atoms with Crippen LogP contribution in [-0.2, 0) is 0 Å². The number of carboxylic acid groups (broad SMARTS) is 1. The number of aromatic carboxylic acids is 1. The van der Waals surface area contributed by atoms with Gasteiger partial charge in [-0.2, -0.15) is 0 Å². The number of ether oxygens (including phenoxy) is 3. The molecule has 0 fully saturated rings. The molecule has 1 N–H and O–H groups in total. The van der Waals surface area contributed by atoms with E-state index < -0.39 is 5.97 Å². The van der Waals surface area contributed by atoms with Crippen LogP contribution in [0.4, 0.5) is 0 Å². The van der Waals surface area contributed by atoms with Gasteiger partial charge in [-0.05, 0) is 60.7 Å². The Bertz CT molecular complexity index is 1010. The van der Waals surface area contributed by atoms with Gasteiger partial charge < -0.3 is 19.3 Å². The van der Waals surface area contributed by atoms with Crippen molar-refractivity contribution in [1.29, 1.82) is 0 Å². The number of hydrogen-bond donors (Lipinski definition) is 1. The Labute approximate surface area is 187 Å². The van der Waals surface area contributed by atoms with E-state index in [1.54, 1.807) is 60.7 Å². The lowest BCUT2D eigenvalue weighted by Crippen LogP contribution is -2.08. The molecule has 0 unspecified atom stereocenters. The van der Waals surface area contributed by atoms with Crippen LogP contribution in [0.25, 0.3) is 0 Å². The Hall–Kier alpha value is -4.32. The Morgan fingerprint density at radius 3 is 1.59 bits per heavy atom. The summed E-state index contributed by atoms with van der Waals surface area (Å²) in [5.74, 6) is 0.539. The van der Waals surface area contributed by atoms with Crippen molar-refractivity contribution in [1.82, 2.24) is 0 Å². The van der Waals surface area contributed by atoms with Gasteiger partial charge in [-0.25, -0.2) is 9.59 Å². The van der Waals surface area contributed by atoms with Crippen molar-refractivity contribution in [3.63, 3.8) is 0 Å². The Morgan fingerprint density at radius 2 is 1.16 bits per heavy atom. The zero-order valence-corrected chi connectivity index (χ0v) is 17.5. The fraction of sp³-hybridized carbons (Fsp3) is 0.0769. The molecule has 6 nitrogen and oxygen atoms in total. The van der Waals surface area contributed by atoms with Crippen molar-refractivity contribution in [3.05, 3.63) is 115 Å². The lowest BCUT2D eigenvalue weighted by atomic mass is 10.2. The van der Waals surface area contributed by atoms with E-state index in [0.29, 0.717) is 36.0 Å². The van der Waals surface area contributed by atoms with Gasteiger partial charge >= 0.3 is 11.9 Å². The minimum Gasteiger partial charge on any atom is -0.490 e. The van der Waals surface area contributed by atoms with E-state index in [2.05, 4.69) is 13.2 Å². The highest BCUT2D eigenvalue weighted by molar-refractivity contribution is 5.91. The maximum atomic E-state index is 11.9. The van der Waals surface area contributed by atoms with E-state index >= 15 is 0 Å². The van der Waals surface area contributed by atoms with Crippen LogP contribution in [0.2, 0.25) is 0 Å². The molecular weight excluding hydrogens is 408 g/mol. The summed E-state index contributed by atoms with van der Waals surface area (Å²) in [6, 6.07) is 22.0. The zero-order valence-electron chi connectivity index (χ0n) is 17.5. The van der Waals surface area contributed by atoms with Crippen molar-refractivity contribution in [2.45, 2.75) is 0 Å². The standard InChI is InChI=1S/C16H14O3.C10H10O3/c1-2-12-18-14-10-8-13(9-11-14)16(17)19-15-6-4-3-5-7-15;1-2-7-13-9-5-3-8(4-6-9)10(11)12/h2-11H,1,12H2;2-6H,1,7H2,(H,11,12). The van der Waals surface area contributed by atoms with Crippen LogP contribution in [0.5, 0.6) is 17.2 Å². The Balaban J connectivity index is 0.000000244. The summed E-state index contributed by atoms with van der Waals surface area (Å²) in [5, 5.41) is 8.59. The second-order valence-corrected chi connectivity index (χ2v) is 6.26. The molecule has 3 rings (SSSR count). The normalized spacial score (nSPS) is 9.50. The number of rotatable bonds is 9. The molecule has 0 amide bonds. The monoisotopic (exact) mass is 432 g/mol. The molecule has 6 heteroatoms. The predicted molar refractivity (Wildman–Crippen MR) is 123 cm³/mol. The summed E-state index contributed by atoms with van der Waals surface area (Å²) in [6.45, 7) is 7.93. The molecule has 164 valence electrons. The lowest BCUT2D eigenvalue weighted by molar-refractivity contribution is 0.0694. The maximum absolute atomic E-state index is 11.9. The topological polar surface area (TPSA) is 82.1 Å². The van der Waals surface area contributed by atoms with Crippen molar-refractivity contribution in [3.8, 4) is 17.2 Å². The molecule has 0 saturated carbocycles. The summed E-state index contributed by atoms with van der Waals surface area (Å²) >= 11 is 0.